The molecule has 0 radical (unpaired) electrons. The Hall–Kier alpha value is -2.72. The summed E-state index contributed by atoms with van der Waals surface area (Å²) in [6.07, 6.45) is -0.319. The minimum Gasteiger partial charge on any atom is -0.476 e. The summed E-state index contributed by atoms with van der Waals surface area (Å²) >= 11 is 6.19. The van der Waals surface area contributed by atoms with Crippen molar-refractivity contribution in [1.29, 1.82) is 0 Å². The van der Waals surface area contributed by atoms with Crippen LogP contribution >= 0.6 is 11.6 Å². The van der Waals surface area contributed by atoms with Crippen LogP contribution < -0.4 is 15.0 Å². The molecular weight excluding hydrogens is 456 g/mol. The van der Waals surface area contributed by atoms with E-state index < -0.39 is 12.3 Å². The molecule has 2 aromatic rings. The monoisotopic (exact) mass is 481 g/mol. The molecule has 11 heteroatoms. The van der Waals surface area contributed by atoms with Gasteiger partial charge in [0.1, 0.15) is 5.02 Å². The summed E-state index contributed by atoms with van der Waals surface area (Å²) in [5, 5.41) is 3.43. The molecule has 2 aliphatic heterocycles. The van der Waals surface area contributed by atoms with Gasteiger partial charge in [0.25, 0.3) is 5.91 Å². The Morgan fingerprint density at radius 1 is 1.18 bits per heavy atom. The first-order chi connectivity index (χ1) is 16.0. The van der Waals surface area contributed by atoms with Crippen LogP contribution in [-0.4, -0.2) is 73.2 Å². The van der Waals surface area contributed by atoms with E-state index in [9.17, 15) is 13.6 Å². The lowest BCUT2D eigenvalue weighted by Gasteiger charge is -2.31. The maximum atomic E-state index is 12.6. The number of alkyl halides is 2. The molecule has 1 aromatic heterocycles. The zero-order valence-electron chi connectivity index (χ0n) is 18.1. The first-order valence-corrected chi connectivity index (χ1v) is 11.3. The van der Waals surface area contributed by atoms with Gasteiger partial charge in [-0.15, -0.1) is 0 Å². The van der Waals surface area contributed by atoms with Gasteiger partial charge in [0.15, 0.2) is 0 Å². The Kier molecular flexibility index (Phi) is 7.77. The van der Waals surface area contributed by atoms with Crippen LogP contribution in [0, 0.1) is 5.92 Å². The topological polar surface area (TPSA) is 79.8 Å². The molecule has 0 unspecified atom stereocenters. The molecule has 2 fully saturated rings. The van der Waals surface area contributed by atoms with Crippen LogP contribution in [0.25, 0.3) is 0 Å². The number of hydrogen-bond donors (Lipinski definition) is 1. The van der Waals surface area contributed by atoms with Crippen LogP contribution in [0.15, 0.2) is 30.5 Å². The van der Waals surface area contributed by atoms with E-state index in [0.29, 0.717) is 38.5 Å². The third-order valence-electron chi connectivity index (χ3n) is 5.78. The first kappa shape index (κ1) is 23.4. The third kappa shape index (κ3) is 6.20. The predicted molar refractivity (Wildman–Crippen MR) is 121 cm³/mol. The van der Waals surface area contributed by atoms with Gasteiger partial charge in [0.2, 0.25) is 11.8 Å². The molecule has 8 nitrogen and oxygen atoms in total. The number of likely N-dealkylation sites (tertiary alicyclic amines) is 1. The molecule has 33 heavy (non-hydrogen) atoms. The standard InChI is InChI=1S/C22H26ClF2N5O3/c23-18-13-26-22(27-16-1-3-17(4-2-16)29-9-11-32-12-10-29)28-20(18)33-14-15-5-7-30(8-6-15)21(31)19(24)25/h1-4,13,15,19H,5-12,14H2,(H,26,27,28). The van der Waals surface area contributed by atoms with Gasteiger partial charge in [-0.25, -0.2) is 4.98 Å². The maximum Gasteiger partial charge on any atom is 0.315 e. The van der Waals surface area contributed by atoms with Gasteiger partial charge in [0.05, 0.1) is 26.0 Å². The van der Waals surface area contributed by atoms with Crippen molar-refractivity contribution in [2.75, 3.05) is 56.2 Å². The molecule has 0 atom stereocenters. The van der Waals surface area contributed by atoms with Crippen LogP contribution in [0.4, 0.5) is 26.1 Å². The molecular formula is C22H26ClF2N5O3. The number of amides is 1. The van der Waals surface area contributed by atoms with Crippen molar-refractivity contribution in [3.63, 3.8) is 0 Å². The maximum absolute atomic E-state index is 12.6. The highest BCUT2D eigenvalue weighted by Gasteiger charge is 2.28. The highest BCUT2D eigenvalue weighted by molar-refractivity contribution is 6.31. The molecule has 1 aromatic carbocycles. The summed E-state index contributed by atoms with van der Waals surface area (Å²) in [4.78, 5) is 23.5. The van der Waals surface area contributed by atoms with Crippen LogP contribution in [-0.2, 0) is 9.53 Å². The van der Waals surface area contributed by atoms with E-state index in [2.05, 4.69) is 20.2 Å². The summed E-state index contributed by atoms with van der Waals surface area (Å²) in [5.41, 5.74) is 1.96. The Bertz CT molecular complexity index is 936. The van der Waals surface area contributed by atoms with Gasteiger partial charge >= 0.3 is 6.43 Å². The van der Waals surface area contributed by atoms with Gasteiger partial charge < -0.3 is 24.6 Å². The molecule has 178 valence electrons. The van der Waals surface area contributed by atoms with E-state index >= 15 is 0 Å². The van der Waals surface area contributed by atoms with Crippen LogP contribution in [0.2, 0.25) is 5.02 Å². The molecule has 2 aliphatic rings. The molecule has 1 N–H and O–H groups in total. The minimum atomic E-state index is -2.96. The van der Waals surface area contributed by atoms with Crippen molar-refractivity contribution in [3.05, 3.63) is 35.5 Å². The lowest BCUT2D eigenvalue weighted by Crippen LogP contribution is -2.42. The number of hydrogen-bond acceptors (Lipinski definition) is 7. The number of nitrogens with zero attached hydrogens (tertiary/aromatic N) is 4. The number of nitrogens with one attached hydrogen (secondary N) is 1. The molecule has 0 bridgehead atoms. The molecule has 0 spiro atoms. The van der Waals surface area contributed by atoms with E-state index in [1.807, 2.05) is 24.3 Å². The number of aromatic nitrogens is 2. The summed E-state index contributed by atoms with van der Waals surface area (Å²) < 4.78 is 36.3. The highest BCUT2D eigenvalue weighted by atomic mass is 35.5. The minimum absolute atomic E-state index is 0.127. The van der Waals surface area contributed by atoms with Crippen LogP contribution in [0.3, 0.4) is 0 Å². The van der Waals surface area contributed by atoms with E-state index in [4.69, 9.17) is 21.1 Å². The number of benzene rings is 1. The number of halogens is 3. The second kappa shape index (κ2) is 10.9. The van der Waals surface area contributed by atoms with Crippen molar-refractivity contribution in [2.24, 2.45) is 5.92 Å². The predicted octanol–water partition coefficient (Wildman–Crippen LogP) is 3.59. The number of ether oxygens (including phenoxy) is 2. The van der Waals surface area contributed by atoms with Gasteiger partial charge in [-0.05, 0) is 43.0 Å². The molecule has 0 aliphatic carbocycles. The summed E-state index contributed by atoms with van der Waals surface area (Å²) in [6.45, 7) is 4.12. The van der Waals surface area contributed by atoms with E-state index in [-0.39, 0.29) is 16.8 Å². The largest absolute Gasteiger partial charge is 0.476 e. The van der Waals surface area contributed by atoms with Crippen molar-refractivity contribution >= 4 is 34.8 Å². The number of morpholine rings is 1. The average Bonchev–Trinajstić information content (AvgIpc) is 2.85. The van der Waals surface area contributed by atoms with Gasteiger partial charge in [-0.2, -0.15) is 13.8 Å². The molecule has 0 saturated carbocycles. The fourth-order valence-corrected chi connectivity index (χ4v) is 4.02. The Balaban J connectivity index is 1.30. The molecule has 3 heterocycles. The Labute approximate surface area is 195 Å². The number of carbonyl (C=O) groups is 1. The zero-order chi connectivity index (χ0) is 23.2. The van der Waals surface area contributed by atoms with Crippen molar-refractivity contribution < 1.29 is 23.0 Å². The SMILES string of the molecule is O=C(C(F)F)N1CCC(COc2nc(Nc3ccc(N4CCOCC4)cc3)ncc2Cl)CC1. The van der Waals surface area contributed by atoms with Crippen molar-refractivity contribution in [2.45, 2.75) is 19.3 Å². The Morgan fingerprint density at radius 3 is 2.55 bits per heavy atom. The molecule has 4 rings (SSSR count). The van der Waals surface area contributed by atoms with Gasteiger partial charge in [-0.3, -0.25) is 4.79 Å². The van der Waals surface area contributed by atoms with Gasteiger partial charge in [0, 0.05) is 37.6 Å². The normalized spacial score (nSPS) is 17.3. The molecule has 2 saturated heterocycles. The van der Waals surface area contributed by atoms with Crippen LogP contribution in [0.5, 0.6) is 5.88 Å². The quantitative estimate of drug-likeness (QED) is 0.647. The summed E-state index contributed by atoms with van der Waals surface area (Å²) in [7, 11) is 0. The van der Waals surface area contributed by atoms with Crippen molar-refractivity contribution in [3.8, 4) is 5.88 Å². The average molecular weight is 482 g/mol. The van der Waals surface area contributed by atoms with Gasteiger partial charge in [-0.1, -0.05) is 11.6 Å². The summed E-state index contributed by atoms with van der Waals surface area (Å²) in [5.74, 6) is -0.375. The lowest BCUT2D eigenvalue weighted by atomic mass is 9.98. The smallest absolute Gasteiger partial charge is 0.315 e. The lowest BCUT2D eigenvalue weighted by molar-refractivity contribution is -0.144. The number of anilines is 3. The Morgan fingerprint density at radius 2 is 1.88 bits per heavy atom. The number of carbonyl (C=O) groups excluding carboxylic acids is 1. The van der Waals surface area contributed by atoms with Crippen LogP contribution in [0.1, 0.15) is 12.8 Å². The fraction of sp³-hybridized carbons (Fsp3) is 0.500. The summed E-state index contributed by atoms with van der Waals surface area (Å²) in [6, 6.07) is 7.98. The second-order valence-corrected chi connectivity index (χ2v) is 8.41. The van der Waals surface area contributed by atoms with E-state index in [0.717, 1.165) is 37.7 Å². The van der Waals surface area contributed by atoms with E-state index in [1.165, 1.54) is 11.1 Å². The van der Waals surface area contributed by atoms with E-state index in [1.54, 1.807) is 0 Å². The second-order valence-electron chi connectivity index (χ2n) is 8.00. The van der Waals surface area contributed by atoms with Crippen molar-refractivity contribution in [1.82, 2.24) is 14.9 Å². The molecule has 1 amide bonds. The third-order valence-corrected chi connectivity index (χ3v) is 6.04. The number of piperidine rings is 1. The first-order valence-electron chi connectivity index (χ1n) is 10.9. The zero-order valence-corrected chi connectivity index (χ0v) is 18.8. The fourth-order valence-electron chi connectivity index (χ4n) is 3.87. The number of rotatable bonds is 7. The highest BCUT2D eigenvalue weighted by Crippen LogP contribution is 2.27.